The second kappa shape index (κ2) is 5.85. The largest absolute Gasteiger partial charge is 0.326 e. The number of aryl methyl sites for hydroxylation is 1. The Morgan fingerprint density at radius 3 is 2.76 bits per heavy atom. The molecule has 1 saturated carbocycles. The standard InChI is InChI=1S/C16H22N4O/c1-12-6-7-13(10-17)16(21)19(12)11-14-8-9-20(18-14)15-4-2-3-5-15/h6-9,15H,2-5,10-11,17H2,1H3. The van der Waals surface area contributed by atoms with Crippen molar-refractivity contribution < 1.29 is 0 Å². The molecule has 1 aliphatic rings. The van der Waals surface area contributed by atoms with Gasteiger partial charge in [0, 0.05) is 24.0 Å². The fourth-order valence-electron chi connectivity index (χ4n) is 3.06. The Hall–Kier alpha value is -1.88. The number of rotatable bonds is 4. The van der Waals surface area contributed by atoms with Crippen molar-refractivity contribution in [3.05, 3.63) is 51.7 Å². The summed E-state index contributed by atoms with van der Waals surface area (Å²) < 4.78 is 3.82. The fourth-order valence-corrected chi connectivity index (χ4v) is 3.06. The van der Waals surface area contributed by atoms with Crippen LogP contribution in [-0.2, 0) is 13.1 Å². The molecule has 1 fully saturated rings. The van der Waals surface area contributed by atoms with Gasteiger partial charge in [0.2, 0.25) is 0 Å². The number of nitrogens with zero attached hydrogens (tertiary/aromatic N) is 3. The van der Waals surface area contributed by atoms with Crippen LogP contribution in [0.25, 0.3) is 0 Å². The first kappa shape index (κ1) is 14.1. The van der Waals surface area contributed by atoms with E-state index < -0.39 is 0 Å². The molecule has 0 atom stereocenters. The van der Waals surface area contributed by atoms with Crippen LogP contribution >= 0.6 is 0 Å². The monoisotopic (exact) mass is 286 g/mol. The minimum atomic E-state index is -0.00656. The van der Waals surface area contributed by atoms with Gasteiger partial charge < -0.3 is 10.3 Å². The maximum atomic E-state index is 12.3. The fraction of sp³-hybridized carbons (Fsp3) is 0.500. The zero-order valence-corrected chi connectivity index (χ0v) is 12.5. The maximum Gasteiger partial charge on any atom is 0.255 e. The molecule has 2 aromatic rings. The molecule has 5 heteroatoms. The predicted octanol–water partition coefficient (Wildman–Crippen LogP) is 1.98. The highest BCUT2D eigenvalue weighted by molar-refractivity contribution is 5.16. The van der Waals surface area contributed by atoms with Crippen LogP contribution in [0.3, 0.4) is 0 Å². The normalized spacial score (nSPS) is 15.7. The van der Waals surface area contributed by atoms with Crippen molar-refractivity contribution in [1.82, 2.24) is 14.3 Å². The van der Waals surface area contributed by atoms with Crippen LogP contribution in [0.2, 0.25) is 0 Å². The maximum absolute atomic E-state index is 12.3. The van der Waals surface area contributed by atoms with Gasteiger partial charge in [0.25, 0.3) is 5.56 Å². The van der Waals surface area contributed by atoms with Crippen molar-refractivity contribution >= 4 is 0 Å². The van der Waals surface area contributed by atoms with Crippen LogP contribution < -0.4 is 11.3 Å². The Kier molecular flexibility index (Phi) is 3.92. The Balaban J connectivity index is 1.85. The van der Waals surface area contributed by atoms with Crippen LogP contribution in [0.4, 0.5) is 0 Å². The van der Waals surface area contributed by atoms with Gasteiger partial charge in [-0.05, 0) is 31.9 Å². The Labute approximate surface area is 124 Å². The van der Waals surface area contributed by atoms with E-state index in [4.69, 9.17) is 5.73 Å². The molecule has 0 spiro atoms. The SMILES string of the molecule is Cc1ccc(CN)c(=O)n1Cc1ccn(C2CCCC2)n1. The van der Waals surface area contributed by atoms with E-state index in [1.54, 1.807) is 4.57 Å². The molecule has 2 aromatic heterocycles. The molecule has 5 nitrogen and oxygen atoms in total. The molecule has 0 bridgehead atoms. The molecule has 0 radical (unpaired) electrons. The third-order valence-corrected chi connectivity index (χ3v) is 4.37. The van der Waals surface area contributed by atoms with Gasteiger partial charge in [0.1, 0.15) is 0 Å². The zero-order valence-electron chi connectivity index (χ0n) is 12.5. The van der Waals surface area contributed by atoms with Crippen molar-refractivity contribution in [3.63, 3.8) is 0 Å². The summed E-state index contributed by atoms with van der Waals surface area (Å²) in [6.45, 7) is 2.73. The van der Waals surface area contributed by atoms with E-state index >= 15 is 0 Å². The van der Waals surface area contributed by atoms with Gasteiger partial charge >= 0.3 is 0 Å². The van der Waals surface area contributed by atoms with Gasteiger partial charge in [-0.3, -0.25) is 9.48 Å². The number of pyridine rings is 1. The van der Waals surface area contributed by atoms with Crippen LogP contribution in [0.5, 0.6) is 0 Å². The van der Waals surface area contributed by atoms with Crippen LogP contribution in [-0.4, -0.2) is 14.3 Å². The molecular weight excluding hydrogens is 264 g/mol. The summed E-state index contributed by atoms with van der Waals surface area (Å²) in [5.41, 5.74) is 8.13. The van der Waals surface area contributed by atoms with Gasteiger partial charge in [-0.1, -0.05) is 18.9 Å². The van der Waals surface area contributed by atoms with Gasteiger partial charge in [-0.25, -0.2) is 0 Å². The number of hydrogen-bond donors (Lipinski definition) is 1. The van der Waals surface area contributed by atoms with Crippen LogP contribution in [0, 0.1) is 6.92 Å². The third-order valence-electron chi connectivity index (χ3n) is 4.37. The average molecular weight is 286 g/mol. The van der Waals surface area contributed by atoms with Gasteiger partial charge in [0.15, 0.2) is 0 Å². The summed E-state index contributed by atoms with van der Waals surface area (Å²) in [4.78, 5) is 12.3. The molecule has 0 saturated heterocycles. The first-order chi connectivity index (χ1) is 10.2. The first-order valence-electron chi connectivity index (χ1n) is 7.62. The molecule has 1 aliphatic carbocycles. The smallest absolute Gasteiger partial charge is 0.255 e. The second-order valence-corrected chi connectivity index (χ2v) is 5.82. The van der Waals surface area contributed by atoms with Crippen molar-refractivity contribution in [2.75, 3.05) is 0 Å². The van der Waals surface area contributed by atoms with E-state index in [0.717, 1.165) is 11.4 Å². The lowest BCUT2D eigenvalue weighted by molar-refractivity contribution is 0.461. The number of hydrogen-bond acceptors (Lipinski definition) is 3. The molecule has 2 heterocycles. The summed E-state index contributed by atoms with van der Waals surface area (Å²) in [5, 5.41) is 4.65. The molecule has 0 aliphatic heterocycles. The molecule has 2 N–H and O–H groups in total. The van der Waals surface area contributed by atoms with E-state index in [1.807, 2.05) is 31.3 Å². The van der Waals surface area contributed by atoms with Gasteiger partial charge in [0.05, 0.1) is 18.3 Å². The highest BCUT2D eigenvalue weighted by Crippen LogP contribution is 2.28. The predicted molar refractivity (Wildman–Crippen MR) is 82.2 cm³/mol. The lowest BCUT2D eigenvalue weighted by Gasteiger charge is -2.11. The molecule has 0 amide bonds. The molecule has 3 rings (SSSR count). The molecule has 112 valence electrons. The van der Waals surface area contributed by atoms with Gasteiger partial charge in [-0.2, -0.15) is 5.10 Å². The van der Waals surface area contributed by atoms with E-state index in [-0.39, 0.29) is 12.1 Å². The molecule has 21 heavy (non-hydrogen) atoms. The van der Waals surface area contributed by atoms with Crippen LogP contribution in [0.1, 0.15) is 48.7 Å². The third kappa shape index (κ3) is 2.78. The lowest BCUT2D eigenvalue weighted by Crippen LogP contribution is -2.27. The average Bonchev–Trinajstić information content (AvgIpc) is 3.14. The Morgan fingerprint density at radius 2 is 2.05 bits per heavy atom. The molecular formula is C16H22N4O. The number of nitrogens with two attached hydrogens (primary N) is 1. The summed E-state index contributed by atoms with van der Waals surface area (Å²) in [7, 11) is 0. The van der Waals surface area contributed by atoms with E-state index in [2.05, 4.69) is 9.78 Å². The van der Waals surface area contributed by atoms with Crippen molar-refractivity contribution in [2.45, 2.75) is 51.7 Å². The van der Waals surface area contributed by atoms with E-state index in [0.29, 0.717) is 18.2 Å². The summed E-state index contributed by atoms with van der Waals surface area (Å²) >= 11 is 0. The summed E-state index contributed by atoms with van der Waals surface area (Å²) in [5.74, 6) is 0. The van der Waals surface area contributed by atoms with Crippen molar-refractivity contribution in [1.29, 1.82) is 0 Å². The molecule has 0 aromatic carbocycles. The van der Waals surface area contributed by atoms with E-state index in [9.17, 15) is 4.79 Å². The first-order valence-corrected chi connectivity index (χ1v) is 7.62. The summed E-state index contributed by atoms with van der Waals surface area (Å²) in [6, 6.07) is 6.30. The molecule has 0 unspecified atom stereocenters. The Bertz CT molecular complexity index is 680. The number of aromatic nitrogens is 3. The quantitative estimate of drug-likeness (QED) is 0.934. The second-order valence-electron chi connectivity index (χ2n) is 5.82. The van der Waals surface area contributed by atoms with Crippen molar-refractivity contribution in [2.24, 2.45) is 5.73 Å². The topological polar surface area (TPSA) is 65.8 Å². The minimum absolute atomic E-state index is 0.00656. The lowest BCUT2D eigenvalue weighted by atomic mass is 10.2. The Morgan fingerprint density at radius 1 is 1.29 bits per heavy atom. The highest BCUT2D eigenvalue weighted by Gasteiger charge is 2.17. The van der Waals surface area contributed by atoms with E-state index in [1.165, 1.54) is 25.7 Å². The van der Waals surface area contributed by atoms with Crippen molar-refractivity contribution in [3.8, 4) is 0 Å². The zero-order chi connectivity index (χ0) is 14.8. The summed E-state index contributed by atoms with van der Waals surface area (Å²) in [6.07, 6.45) is 7.04. The van der Waals surface area contributed by atoms with Crippen LogP contribution in [0.15, 0.2) is 29.2 Å². The highest BCUT2D eigenvalue weighted by atomic mass is 16.1. The minimum Gasteiger partial charge on any atom is -0.326 e. The van der Waals surface area contributed by atoms with Gasteiger partial charge in [-0.15, -0.1) is 0 Å².